The normalized spacial score (nSPS) is 10.9. The molecule has 0 saturated heterocycles. The summed E-state index contributed by atoms with van der Waals surface area (Å²) >= 11 is 0. The first-order chi connectivity index (χ1) is 24.3. The number of aromatic nitrogens is 3. The third-order valence-electron chi connectivity index (χ3n) is 9.16. The zero-order chi connectivity index (χ0) is 34.7. The Morgan fingerprint density at radius 1 is 0.440 bits per heavy atom. The van der Waals surface area contributed by atoms with E-state index in [-0.39, 0.29) is 0 Å². The van der Waals surface area contributed by atoms with E-state index in [1.54, 1.807) is 24.3 Å². The lowest BCUT2D eigenvalue weighted by molar-refractivity contribution is 1.09. The second-order valence-corrected chi connectivity index (χ2v) is 12.2. The Morgan fingerprint density at radius 2 is 0.800 bits per heavy atom. The molecule has 8 nitrogen and oxygen atoms in total. The van der Waals surface area contributed by atoms with Gasteiger partial charge in [0.15, 0.2) is 0 Å². The summed E-state index contributed by atoms with van der Waals surface area (Å²) in [7, 11) is 0. The minimum absolute atomic E-state index is 0.410. The topological polar surface area (TPSA) is 142 Å². The number of pyridine rings is 1. The summed E-state index contributed by atoms with van der Waals surface area (Å²) < 4.78 is 4.03. The van der Waals surface area contributed by atoms with Crippen molar-refractivity contribution in [1.82, 2.24) is 14.1 Å². The van der Waals surface area contributed by atoms with Crippen molar-refractivity contribution >= 4 is 43.6 Å². The summed E-state index contributed by atoms with van der Waals surface area (Å²) in [5.41, 5.74) is 9.56. The maximum atomic E-state index is 10.7. The predicted octanol–water partition coefficient (Wildman–Crippen LogP) is 8.92. The number of fused-ring (bicyclic) bond motifs is 6. The van der Waals surface area contributed by atoms with E-state index >= 15 is 0 Å². The van der Waals surface area contributed by atoms with Crippen LogP contribution in [0.2, 0.25) is 0 Å². The third kappa shape index (κ3) is 4.45. The van der Waals surface area contributed by atoms with Gasteiger partial charge in [-0.15, -0.1) is 0 Å². The molecule has 8 rings (SSSR count). The van der Waals surface area contributed by atoms with Crippen LogP contribution in [-0.2, 0) is 0 Å². The molecule has 0 aliphatic heterocycles. The molecule has 0 bridgehead atoms. The lowest BCUT2D eigenvalue weighted by atomic mass is 9.97. The van der Waals surface area contributed by atoms with Gasteiger partial charge in [0.1, 0.15) is 0 Å². The molecule has 3 aromatic heterocycles. The van der Waals surface area contributed by atoms with Crippen molar-refractivity contribution in [3.05, 3.63) is 136 Å². The molecule has 0 unspecified atom stereocenters. The van der Waals surface area contributed by atoms with E-state index in [0.29, 0.717) is 44.8 Å². The average Bonchev–Trinajstić information content (AvgIpc) is 3.64. The van der Waals surface area contributed by atoms with Crippen molar-refractivity contribution in [3.8, 4) is 52.8 Å². The zero-order valence-corrected chi connectivity index (χ0v) is 26.8. The quantitative estimate of drug-likeness (QED) is 0.189. The Kier molecular flexibility index (Phi) is 6.66. The smallest absolute Gasteiger partial charge is 0.0998 e. The first-order valence-electron chi connectivity index (χ1n) is 15.7. The summed E-state index contributed by atoms with van der Waals surface area (Å²) in [6, 6.07) is 41.2. The third-order valence-corrected chi connectivity index (χ3v) is 9.16. The number of aryl methyl sites for hydroxylation is 2. The molecule has 0 N–H and O–H groups in total. The van der Waals surface area contributed by atoms with Crippen molar-refractivity contribution in [2.75, 3.05) is 0 Å². The molecule has 0 saturated carbocycles. The molecule has 0 aliphatic carbocycles. The summed E-state index contributed by atoms with van der Waals surface area (Å²) in [5, 5.41) is 54.0. The monoisotopic (exact) mass is 638 g/mol. The molecule has 0 radical (unpaired) electrons. The van der Waals surface area contributed by atoms with Gasteiger partial charge < -0.3 is 9.13 Å². The lowest BCUT2D eigenvalue weighted by Crippen LogP contribution is -2.06. The van der Waals surface area contributed by atoms with Crippen LogP contribution in [0.25, 0.3) is 66.1 Å². The summed E-state index contributed by atoms with van der Waals surface area (Å²) in [6.45, 7) is 3.82. The Hall–Kier alpha value is -7.70. The van der Waals surface area contributed by atoms with Crippen LogP contribution in [0, 0.1) is 70.5 Å². The molecule has 0 amide bonds. The van der Waals surface area contributed by atoms with Crippen LogP contribution >= 0.6 is 0 Å². The average molecular weight is 639 g/mol. The number of nitriles is 5. The molecule has 0 fully saturated rings. The van der Waals surface area contributed by atoms with Gasteiger partial charge in [-0.1, -0.05) is 24.3 Å². The second-order valence-electron chi connectivity index (χ2n) is 12.2. The molecule has 50 heavy (non-hydrogen) atoms. The van der Waals surface area contributed by atoms with Crippen LogP contribution in [0.1, 0.15) is 39.2 Å². The first kappa shape index (κ1) is 29.7. The number of hydrogen-bond acceptors (Lipinski definition) is 6. The van der Waals surface area contributed by atoms with E-state index in [4.69, 9.17) is 0 Å². The summed E-state index contributed by atoms with van der Waals surface area (Å²) in [4.78, 5) is 4.56. The highest BCUT2D eigenvalue weighted by Crippen LogP contribution is 2.41. The van der Waals surface area contributed by atoms with Gasteiger partial charge in [0.25, 0.3) is 0 Å². The molecule has 8 heteroatoms. The second kappa shape index (κ2) is 11.2. The van der Waals surface area contributed by atoms with Crippen molar-refractivity contribution in [2.45, 2.75) is 13.8 Å². The molecule has 0 atom stereocenters. The Morgan fingerprint density at radius 3 is 1.14 bits per heavy atom. The fraction of sp³-hybridized carbons (Fsp3) is 0.0476. The largest absolute Gasteiger partial charge is 0.307 e. The van der Waals surface area contributed by atoms with Crippen LogP contribution in [0.5, 0.6) is 0 Å². The highest BCUT2D eigenvalue weighted by molar-refractivity contribution is 6.12. The highest BCUT2D eigenvalue weighted by Gasteiger charge is 2.23. The SMILES string of the molecule is Cc1cc(-c2cc(-n3c4cc(C#N)ccc4c4ccc(C#N)cc43)c(-n3c4cc(C#N)ccc4c4ccc(C#N)cc43)cc2C#N)cc(C)n1. The van der Waals surface area contributed by atoms with Crippen molar-refractivity contribution in [1.29, 1.82) is 26.3 Å². The van der Waals surface area contributed by atoms with Crippen LogP contribution in [0.3, 0.4) is 0 Å². The Bertz CT molecular complexity index is 2850. The maximum Gasteiger partial charge on any atom is 0.0998 e. The van der Waals surface area contributed by atoms with Gasteiger partial charge >= 0.3 is 0 Å². The molecule has 5 aromatic carbocycles. The van der Waals surface area contributed by atoms with E-state index in [9.17, 15) is 26.3 Å². The minimum atomic E-state index is 0.410. The van der Waals surface area contributed by atoms with Crippen molar-refractivity contribution < 1.29 is 0 Å². The maximum absolute atomic E-state index is 10.7. The zero-order valence-electron chi connectivity index (χ0n) is 26.8. The minimum Gasteiger partial charge on any atom is -0.307 e. The molecule has 3 heterocycles. The standard InChI is InChI=1S/C42H22N8/c1-24-11-30(12-25(2)48-24)36-18-42(50-39-15-28(21-45)5-9-34(39)35-10-6-29(22-46)16-40(35)50)41(17-31(36)23-47)49-37-13-26(19-43)3-7-32(37)33-8-4-27(20-44)14-38(33)49/h3-18H,1-2H3. The van der Waals surface area contributed by atoms with Crippen molar-refractivity contribution in [3.63, 3.8) is 0 Å². The molecule has 8 aromatic rings. The Labute approximate surface area is 286 Å². The molecule has 0 aliphatic rings. The van der Waals surface area contributed by atoms with Crippen molar-refractivity contribution in [2.24, 2.45) is 0 Å². The van der Waals surface area contributed by atoms with Gasteiger partial charge in [-0.3, -0.25) is 4.98 Å². The van der Waals surface area contributed by atoms with E-state index in [1.165, 1.54) is 0 Å². The predicted molar refractivity (Wildman–Crippen MR) is 191 cm³/mol. The molecular weight excluding hydrogens is 617 g/mol. The van der Waals surface area contributed by atoms with Gasteiger partial charge in [-0.25, -0.2) is 0 Å². The Balaban J connectivity index is 1.63. The van der Waals surface area contributed by atoms with E-state index < -0.39 is 0 Å². The van der Waals surface area contributed by atoms with Crippen LogP contribution in [0.4, 0.5) is 0 Å². The van der Waals surface area contributed by atoms with Gasteiger partial charge in [0.05, 0.1) is 91.6 Å². The molecule has 230 valence electrons. The highest BCUT2D eigenvalue weighted by atomic mass is 15.1. The summed E-state index contributed by atoms with van der Waals surface area (Å²) in [5.74, 6) is 0. The van der Waals surface area contributed by atoms with Gasteiger partial charge in [0.2, 0.25) is 0 Å². The van der Waals surface area contributed by atoms with E-state index in [2.05, 4.69) is 35.3 Å². The first-order valence-corrected chi connectivity index (χ1v) is 15.7. The van der Waals surface area contributed by atoms with Crippen LogP contribution < -0.4 is 0 Å². The number of nitrogens with zero attached hydrogens (tertiary/aromatic N) is 8. The fourth-order valence-electron chi connectivity index (χ4n) is 7.09. The number of benzene rings is 5. The van der Waals surface area contributed by atoms with Gasteiger partial charge in [0, 0.05) is 38.5 Å². The van der Waals surface area contributed by atoms with Crippen LogP contribution in [-0.4, -0.2) is 14.1 Å². The van der Waals surface area contributed by atoms with Gasteiger partial charge in [-0.2, -0.15) is 26.3 Å². The fourth-order valence-corrected chi connectivity index (χ4v) is 7.09. The van der Waals surface area contributed by atoms with E-state index in [1.807, 2.05) is 95.8 Å². The number of rotatable bonds is 3. The number of hydrogen-bond donors (Lipinski definition) is 0. The molecular formula is C42H22N8. The van der Waals surface area contributed by atoms with Crippen LogP contribution in [0.15, 0.2) is 97.1 Å². The lowest BCUT2D eigenvalue weighted by Gasteiger charge is -2.20. The van der Waals surface area contributed by atoms with E-state index in [0.717, 1.165) is 60.6 Å². The van der Waals surface area contributed by atoms with Gasteiger partial charge in [-0.05, 0) is 92.2 Å². The molecule has 0 spiro atoms. The summed E-state index contributed by atoms with van der Waals surface area (Å²) in [6.07, 6.45) is 0.